The molecule has 0 saturated heterocycles. The molecule has 0 aliphatic heterocycles. The molecule has 21 heavy (non-hydrogen) atoms. The summed E-state index contributed by atoms with van der Waals surface area (Å²) in [5.74, 6) is 0.328. The van der Waals surface area contributed by atoms with Gasteiger partial charge in [0.1, 0.15) is 0 Å². The molecular weight excluding hydrogens is 328 g/mol. The van der Waals surface area contributed by atoms with Crippen molar-refractivity contribution in [1.29, 1.82) is 0 Å². The molecule has 0 amide bonds. The second-order valence-electron chi connectivity index (χ2n) is 6.26. The first-order chi connectivity index (χ1) is 10.0. The first kappa shape index (κ1) is 20.7. The molecule has 2 nitrogen and oxygen atoms in total. The highest BCUT2D eigenvalue weighted by atomic mass is 79.9. The maximum atomic E-state index is 11.9. The fourth-order valence-electron chi connectivity index (χ4n) is 2.75. The Kier molecular flexibility index (Phi) is 12.1. The molecule has 0 heterocycles. The largest absolute Gasteiger partial charge is 0.469 e. The number of alkyl halides is 1. The normalized spacial score (nSPS) is 13.6. The van der Waals surface area contributed by atoms with Gasteiger partial charge in [0.25, 0.3) is 0 Å². The average Bonchev–Trinajstić information content (AvgIpc) is 2.48. The molecule has 0 bridgehead atoms. The number of carbonyl (C=O) groups is 1. The summed E-state index contributed by atoms with van der Waals surface area (Å²) in [5.41, 5.74) is -0.366. The molecule has 1 unspecified atom stereocenters. The van der Waals surface area contributed by atoms with E-state index in [9.17, 15) is 4.79 Å². The van der Waals surface area contributed by atoms with Gasteiger partial charge in [-0.25, -0.2) is 0 Å². The number of esters is 1. The molecule has 0 radical (unpaired) electrons. The van der Waals surface area contributed by atoms with Gasteiger partial charge in [0.2, 0.25) is 0 Å². The zero-order valence-corrected chi connectivity index (χ0v) is 15.9. The van der Waals surface area contributed by atoms with Crippen LogP contribution in [0.4, 0.5) is 0 Å². The first-order valence-electron chi connectivity index (χ1n) is 8.30. The Morgan fingerprint density at radius 2 is 1.71 bits per heavy atom. The zero-order valence-electron chi connectivity index (χ0n) is 14.3. The lowest BCUT2D eigenvalue weighted by Gasteiger charge is -2.31. The minimum Gasteiger partial charge on any atom is -0.469 e. The molecule has 0 rings (SSSR count). The van der Waals surface area contributed by atoms with Crippen LogP contribution in [0.5, 0.6) is 0 Å². The highest BCUT2D eigenvalue weighted by molar-refractivity contribution is 9.09. The molecular formula is C18H33BrO2. The highest BCUT2D eigenvalue weighted by Crippen LogP contribution is 2.34. The second kappa shape index (κ2) is 12.3. The van der Waals surface area contributed by atoms with Crippen molar-refractivity contribution < 1.29 is 9.53 Å². The number of methoxy groups -OCH3 is 1. The summed E-state index contributed by atoms with van der Waals surface area (Å²) in [6.07, 6.45) is 14.0. The minimum absolute atomic E-state index is 0.0824. The Balaban J connectivity index is 3.90. The van der Waals surface area contributed by atoms with Crippen molar-refractivity contribution in [1.82, 2.24) is 0 Å². The molecule has 0 aliphatic rings. The molecule has 0 aliphatic carbocycles. The number of carbonyl (C=O) groups excluding carboxylic acids is 1. The first-order valence-corrected chi connectivity index (χ1v) is 9.42. The van der Waals surface area contributed by atoms with Gasteiger partial charge in [-0.1, -0.05) is 47.8 Å². The van der Waals surface area contributed by atoms with E-state index in [2.05, 4.69) is 35.0 Å². The molecule has 124 valence electrons. The van der Waals surface area contributed by atoms with Crippen molar-refractivity contribution >= 4 is 21.9 Å². The van der Waals surface area contributed by atoms with E-state index in [1.807, 2.05) is 13.8 Å². The summed E-state index contributed by atoms with van der Waals surface area (Å²) in [6.45, 7) is 6.19. The number of allylic oxidation sites excluding steroid dienone is 2. The van der Waals surface area contributed by atoms with Crippen LogP contribution in [-0.2, 0) is 9.53 Å². The Morgan fingerprint density at radius 1 is 1.14 bits per heavy atom. The van der Waals surface area contributed by atoms with Gasteiger partial charge < -0.3 is 4.74 Å². The standard InChI is InChI=1S/C18H33BrO2/c1-5-16(18(2,3)17(20)21-4)14-12-10-8-6-7-9-11-13-15-19/h6-7,16H,5,8-15H2,1-4H3/b7-6+. The van der Waals surface area contributed by atoms with Crippen molar-refractivity contribution in [3.8, 4) is 0 Å². The molecule has 0 aromatic heterocycles. The molecule has 0 aromatic rings. The van der Waals surface area contributed by atoms with Gasteiger partial charge in [0, 0.05) is 5.33 Å². The lowest BCUT2D eigenvalue weighted by molar-refractivity contribution is -0.154. The van der Waals surface area contributed by atoms with Crippen LogP contribution >= 0.6 is 15.9 Å². The minimum atomic E-state index is -0.366. The lowest BCUT2D eigenvalue weighted by atomic mass is 9.74. The summed E-state index contributed by atoms with van der Waals surface area (Å²) < 4.78 is 4.94. The van der Waals surface area contributed by atoms with Gasteiger partial charge in [-0.2, -0.15) is 0 Å². The molecule has 1 atom stereocenters. The number of hydrogen-bond donors (Lipinski definition) is 0. The van der Waals surface area contributed by atoms with Crippen molar-refractivity contribution in [3.63, 3.8) is 0 Å². The predicted octanol–water partition coefficient (Wildman–Crippen LogP) is 5.89. The molecule has 0 aromatic carbocycles. The Labute approximate surface area is 139 Å². The van der Waals surface area contributed by atoms with E-state index in [0.29, 0.717) is 5.92 Å². The molecule has 0 fully saturated rings. The van der Waals surface area contributed by atoms with E-state index >= 15 is 0 Å². The van der Waals surface area contributed by atoms with Gasteiger partial charge >= 0.3 is 5.97 Å². The Morgan fingerprint density at radius 3 is 2.19 bits per heavy atom. The maximum absolute atomic E-state index is 11.9. The van der Waals surface area contributed by atoms with Gasteiger partial charge in [-0.3, -0.25) is 4.79 Å². The van der Waals surface area contributed by atoms with E-state index < -0.39 is 0 Å². The number of unbranched alkanes of at least 4 members (excludes halogenated alkanes) is 4. The van der Waals surface area contributed by atoms with Gasteiger partial charge in [-0.05, 0) is 58.3 Å². The van der Waals surface area contributed by atoms with Crippen molar-refractivity contribution in [2.75, 3.05) is 12.4 Å². The van der Waals surface area contributed by atoms with E-state index in [4.69, 9.17) is 4.74 Å². The number of rotatable bonds is 12. The quantitative estimate of drug-likeness (QED) is 0.187. The molecule has 0 saturated carbocycles. The van der Waals surface area contributed by atoms with Crippen LogP contribution < -0.4 is 0 Å². The third kappa shape index (κ3) is 8.65. The summed E-state index contributed by atoms with van der Waals surface area (Å²) in [7, 11) is 1.48. The Hall–Kier alpha value is -0.310. The van der Waals surface area contributed by atoms with Crippen LogP contribution in [0.1, 0.15) is 72.1 Å². The van der Waals surface area contributed by atoms with Crippen molar-refractivity contribution in [2.45, 2.75) is 72.1 Å². The van der Waals surface area contributed by atoms with E-state index in [-0.39, 0.29) is 11.4 Å². The van der Waals surface area contributed by atoms with Crippen LogP contribution in [0.15, 0.2) is 12.2 Å². The fourth-order valence-corrected chi connectivity index (χ4v) is 3.15. The molecule has 3 heteroatoms. The summed E-state index contributed by atoms with van der Waals surface area (Å²) in [6, 6.07) is 0. The molecule has 0 N–H and O–H groups in total. The van der Waals surface area contributed by atoms with Crippen LogP contribution in [0, 0.1) is 11.3 Å². The van der Waals surface area contributed by atoms with Crippen LogP contribution in [-0.4, -0.2) is 18.4 Å². The topological polar surface area (TPSA) is 26.3 Å². The number of halogens is 1. The maximum Gasteiger partial charge on any atom is 0.311 e. The summed E-state index contributed by atoms with van der Waals surface area (Å²) in [4.78, 5) is 11.9. The van der Waals surface area contributed by atoms with Gasteiger partial charge in [0.15, 0.2) is 0 Å². The smallest absolute Gasteiger partial charge is 0.311 e. The third-order valence-corrected chi connectivity index (χ3v) is 4.88. The number of hydrogen-bond acceptors (Lipinski definition) is 2. The fraction of sp³-hybridized carbons (Fsp3) is 0.833. The summed E-state index contributed by atoms with van der Waals surface area (Å²) in [5, 5.41) is 1.11. The predicted molar refractivity (Wildman–Crippen MR) is 94.8 cm³/mol. The average molecular weight is 361 g/mol. The lowest BCUT2D eigenvalue weighted by Crippen LogP contribution is -2.33. The number of ether oxygens (including phenoxy) is 1. The van der Waals surface area contributed by atoms with E-state index in [1.165, 1.54) is 39.2 Å². The van der Waals surface area contributed by atoms with E-state index in [0.717, 1.165) is 24.6 Å². The SMILES string of the molecule is CCC(CCCC/C=C/CCCCBr)C(C)(C)C(=O)OC. The van der Waals surface area contributed by atoms with Crippen LogP contribution in [0.2, 0.25) is 0 Å². The van der Waals surface area contributed by atoms with Crippen molar-refractivity contribution in [2.24, 2.45) is 11.3 Å². The van der Waals surface area contributed by atoms with Crippen LogP contribution in [0.25, 0.3) is 0 Å². The molecule has 0 spiro atoms. The summed E-state index contributed by atoms with van der Waals surface area (Å²) >= 11 is 3.45. The van der Waals surface area contributed by atoms with E-state index in [1.54, 1.807) is 0 Å². The van der Waals surface area contributed by atoms with Gasteiger partial charge in [-0.15, -0.1) is 0 Å². The second-order valence-corrected chi connectivity index (χ2v) is 7.05. The zero-order chi connectivity index (χ0) is 16.1. The highest BCUT2D eigenvalue weighted by Gasteiger charge is 2.36. The third-order valence-electron chi connectivity index (χ3n) is 4.32. The van der Waals surface area contributed by atoms with Gasteiger partial charge in [0.05, 0.1) is 12.5 Å². The van der Waals surface area contributed by atoms with Crippen LogP contribution in [0.3, 0.4) is 0 Å². The monoisotopic (exact) mass is 360 g/mol. The Bertz CT molecular complexity index is 298. The van der Waals surface area contributed by atoms with Crippen molar-refractivity contribution in [3.05, 3.63) is 12.2 Å².